The number of hydrogen-bond acceptors (Lipinski definition) is 10. The molecule has 0 spiro atoms. The molecule has 0 radical (unpaired) electrons. The van der Waals surface area contributed by atoms with Crippen LogP contribution in [-0.4, -0.2) is 66.5 Å². The third kappa shape index (κ3) is 55.9. The third-order valence-electron chi connectivity index (χ3n) is 13.4. The van der Waals surface area contributed by atoms with Gasteiger partial charge in [-0.3, -0.25) is 23.4 Å². The van der Waals surface area contributed by atoms with Crippen LogP contribution in [0.3, 0.4) is 0 Å². The minimum Gasteiger partial charge on any atom is -0.462 e. The summed E-state index contributed by atoms with van der Waals surface area (Å²) in [4.78, 5) is 48.7. The van der Waals surface area contributed by atoms with Crippen LogP contribution in [0.1, 0.15) is 290 Å². The van der Waals surface area contributed by atoms with E-state index in [0.717, 1.165) is 109 Å². The minimum absolute atomic E-state index is 0.152. The molecule has 0 aromatic carbocycles. The number of aliphatic hydroxyl groups is 1. The van der Waals surface area contributed by atoms with Crippen molar-refractivity contribution in [2.75, 3.05) is 26.4 Å². The van der Waals surface area contributed by atoms with Crippen LogP contribution in [0.4, 0.5) is 0 Å². The van der Waals surface area contributed by atoms with Crippen LogP contribution < -0.4 is 0 Å². The first kappa shape index (κ1) is 73.2. The number of aliphatic hydroxyl groups excluding tert-OH is 1. The van der Waals surface area contributed by atoms with E-state index >= 15 is 0 Å². The second-order valence-electron chi connectivity index (χ2n) is 20.8. The summed E-state index contributed by atoms with van der Waals surface area (Å²) in [6.45, 7) is 4.55. The largest absolute Gasteiger partial charge is 0.472 e. The first-order valence-electron chi connectivity index (χ1n) is 31.2. The molecule has 0 fully saturated rings. The van der Waals surface area contributed by atoms with Crippen molar-refractivity contribution in [1.82, 2.24) is 0 Å². The normalized spacial score (nSPS) is 13.7. The zero-order chi connectivity index (χ0) is 55.5. The van der Waals surface area contributed by atoms with Gasteiger partial charge in [-0.2, -0.15) is 0 Å². The van der Waals surface area contributed by atoms with Gasteiger partial charge in [0.1, 0.15) is 12.7 Å². The second kappa shape index (κ2) is 58.3. The average Bonchev–Trinajstić information content (AvgIpc) is 3.41. The van der Waals surface area contributed by atoms with E-state index in [4.69, 9.17) is 23.3 Å². The molecule has 12 heteroatoms. The molecule has 0 saturated heterocycles. The Labute approximate surface area is 465 Å². The average molecular weight is 1090 g/mol. The highest BCUT2D eigenvalue weighted by Crippen LogP contribution is 2.43. The highest BCUT2D eigenvalue weighted by atomic mass is 31.2. The van der Waals surface area contributed by atoms with Crippen LogP contribution in [0.5, 0.6) is 0 Å². The van der Waals surface area contributed by atoms with Gasteiger partial charge in [0.2, 0.25) is 0 Å². The maximum atomic E-state index is 12.9. The second-order valence-corrected chi connectivity index (χ2v) is 22.3. The van der Waals surface area contributed by atoms with Gasteiger partial charge in [-0.25, -0.2) is 4.57 Å². The molecule has 0 aliphatic rings. The number of allylic oxidation sites excluding steroid dienone is 10. The summed E-state index contributed by atoms with van der Waals surface area (Å²) in [6.07, 6.45) is 64.5. The Morgan fingerprint density at radius 2 is 0.684 bits per heavy atom. The molecule has 442 valence electrons. The number of carbonyl (C=O) groups excluding carboxylic acids is 3. The molecule has 3 atom stereocenters. The van der Waals surface area contributed by atoms with E-state index in [1.54, 1.807) is 0 Å². The van der Waals surface area contributed by atoms with Crippen molar-refractivity contribution < 1.29 is 52.2 Å². The Morgan fingerprint density at radius 1 is 0.382 bits per heavy atom. The lowest BCUT2D eigenvalue weighted by atomic mass is 10.0. The topological polar surface area (TPSA) is 155 Å². The predicted octanol–water partition coefficient (Wildman–Crippen LogP) is 18.7. The summed E-state index contributed by atoms with van der Waals surface area (Å²) in [7, 11) is -4.75. The molecule has 3 unspecified atom stereocenters. The Hall–Kier alpha value is -2.82. The van der Waals surface area contributed by atoms with Gasteiger partial charge in [-0.05, 0) is 83.5 Å². The highest BCUT2D eigenvalue weighted by molar-refractivity contribution is 7.47. The summed E-state index contributed by atoms with van der Waals surface area (Å²) >= 11 is 0. The van der Waals surface area contributed by atoms with Gasteiger partial charge in [0.15, 0.2) is 6.10 Å². The number of phosphoric acid groups is 1. The Bertz CT molecular complexity index is 1510. The Balaban J connectivity index is 4.69. The lowest BCUT2D eigenvalue weighted by Gasteiger charge is -2.21. The maximum Gasteiger partial charge on any atom is 0.472 e. The van der Waals surface area contributed by atoms with Gasteiger partial charge in [0.05, 0.1) is 19.8 Å². The van der Waals surface area contributed by atoms with Crippen molar-refractivity contribution in [3.8, 4) is 0 Å². The molecule has 76 heavy (non-hydrogen) atoms. The van der Waals surface area contributed by atoms with E-state index < -0.39 is 57.8 Å². The summed E-state index contributed by atoms with van der Waals surface area (Å²) < 4.78 is 39.6. The van der Waals surface area contributed by atoms with E-state index in [9.17, 15) is 28.9 Å². The van der Waals surface area contributed by atoms with E-state index in [1.807, 2.05) is 0 Å². The predicted molar refractivity (Wildman–Crippen MR) is 316 cm³/mol. The van der Waals surface area contributed by atoms with Crippen molar-refractivity contribution in [2.24, 2.45) is 0 Å². The maximum absolute atomic E-state index is 12.9. The van der Waals surface area contributed by atoms with Gasteiger partial charge in [0.25, 0.3) is 0 Å². The number of unbranched alkanes of at least 4 members (excludes halogenated alkanes) is 31. The molecular weight excluding hydrogens is 976 g/mol. The first-order chi connectivity index (χ1) is 37.2. The van der Waals surface area contributed by atoms with Crippen molar-refractivity contribution in [3.05, 3.63) is 60.8 Å². The van der Waals surface area contributed by atoms with Crippen molar-refractivity contribution in [3.63, 3.8) is 0 Å². The van der Waals surface area contributed by atoms with Gasteiger partial charge in [-0.1, -0.05) is 248 Å². The zero-order valence-electron chi connectivity index (χ0n) is 49.0. The molecular formula is C64H115O11P. The lowest BCUT2D eigenvalue weighted by molar-refractivity contribution is -0.161. The fourth-order valence-electron chi connectivity index (χ4n) is 8.70. The van der Waals surface area contributed by atoms with Gasteiger partial charge >= 0.3 is 25.7 Å². The monoisotopic (exact) mass is 1090 g/mol. The number of carbonyl (C=O) groups is 3. The fourth-order valence-corrected chi connectivity index (χ4v) is 9.48. The summed E-state index contributed by atoms with van der Waals surface area (Å²) in [5, 5.41) is 9.84. The number of esters is 3. The zero-order valence-corrected chi connectivity index (χ0v) is 49.9. The Morgan fingerprint density at radius 3 is 1.07 bits per heavy atom. The SMILES string of the molecule is CC/C=C\C/C=C\C/C=C\C/C=C\CCCCCCCCC(=O)OC(COC(=O)CCCCCCCCCCCCCCC)COP(=O)(O)OCC(CO)OC(=O)CCCCCCCCC/C=C\CCCCCCCC. The van der Waals surface area contributed by atoms with Crippen LogP contribution in [0.25, 0.3) is 0 Å². The number of hydrogen-bond donors (Lipinski definition) is 2. The smallest absolute Gasteiger partial charge is 0.462 e. The number of phosphoric ester groups is 1. The quantitative estimate of drug-likeness (QED) is 0.0197. The fraction of sp³-hybridized carbons (Fsp3) is 0.797. The Kier molecular flexibility index (Phi) is 56.2. The van der Waals surface area contributed by atoms with Crippen LogP contribution in [0.2, 0.25) is 0 Å². The van der Waals surface area contributed by atoms with Crippen molar-refractivity contribution >= 4 is 25.7 Å². The van der Waals surface area contributed by atoms with E-state index in [1.165, 1.54) is 122 Å². The molecule has 0 aliphatic carbocycles. The minimum atomic E-state index is -4.75. The van der Waals surface area contributed by atoms with Gasteiger partial charge in [0, 0.05) is 19.3 Å². The first-order valence-corrected chi connectivity index (χ1v) is 32.7. The molecule has 0 aromatic heterocycles. The molecule has 0 amide bonds. The van der Waals surface area contributed by atoms with Crippen molar-refractivity contribution in [2.45, 2.75) is 303 Å². The third-order valence-corrected chi connectivity index (χ3v) is 14.4. The van der Waals surface area contributed by atoms with Gasteiger partial charge < -0.3 is 24.2 Å². The molecule has 11 nitrogen and oxygen atoms in total. The standard InChI is InChI=1S/C64H115O11P/c1-4-7-10-13-16-19-22-25-27-29-30-32-34-37-40-43-46-49-52-55-64(68)75-61(57-71-62(66)53-50-47-44-41-38-35-24-21-18-15-12-9-6-3)59-73-76(69,70)72-58-60(56-65)74-63(67)54-51-48-45-42-39-36-33-31-28-26-23-20-17-14-11-8-5-2/h7,10,16,19,25-28,30,32,60-61,65H,4-6,8-9,11-15,17-18,20-24,29,31,33-59H2,1-3H3,(H,69,70)/b10-7-,19-16-,27-25-,28-26-,32-30-. The van der Waals surface area contributed by atoms with E-state index in [0.29, 0.717) is 19.3 Å². The van der Waals surface area contributed by atoms with Gasteiger partial charge in [-0.15, -0.1) is 0 Å². The molecule has 0 bridgehead atoms. The number of ether oxygens (including phenoxy) is 3. The van der Waals surface area contributed by atoms with E-state index in [2.05, 4.69) is 81.5 Å². The molecule has 2 N–H and O–H groups in total. The summed E-state index contributed by atoms with van der Waals surface area (Å²) in [5.74, 6) is -1.47. The number of rotatable bonds is 58. The molecule has 0 rings (SSSR count). The molecule has 0 saturated carbocycles. The van der Waals surface area contributed by atoms with Crippen LogP contribution in [0, 0.1) is 0 Å². The van der Waals surface area contributed by atoms with Crippen LogP contribution in [-0.2, 0) is 42.2 Å². The highest BCUT2D eigenvalue weighted by Gasteiger charge is 2.28. The lowest BCUT2D eigenvalue weighted by Crippen LogP contribution is -2.30. The van der Waals surface area contributed by atoms with Crippen molar-refractivity contribution in [1.29, 1.82) is 0 Å². The summed E-state index contributed by atoms with van der Waals surface area (Å²) in [6, 6.07) is 0. The molecule has 0 aromatic rings. The van der Waals surface area contributed by atoms with Crippen LogP contribution >= 0.6 is 7.82 Å². The van der Waals surface area contributed by atoms with E-state index in [-0.39, 0.29) is 25.9 Å². The molecule has 0 heterocycles. The van der Waals surface area contributed by atoms with Crippen LogP contribution in [0.15, 0.2) is 60.8 Å². The molecule has 0 aliphatic heterocycles. The summed E-state index contributed by atoms with van der Waals surface area (Å²) in [5.41, 5.74) is 0.